The lowest BCUT2D eigenvalue weighted by atomic mass is 9.97. The van der Waals surface area contributed by atoms with Gasteiger partial charge in [0.25, 0.3) is 0 Å². The Hall–Kier alpha value is -18.5. The first-order valence-corrected chi connectivity index (χ1v) is 44.8. The molecule has 0 atom stereocenters. The van der Waals surface area contributed by atoms with Crippen molar-refractivity contribution in [3.63, 3.8) is 0 Å². The highest BCUT2D eigenvalue weighted by Crippen LogP contribution is 2.43. The summed E-state index contributed by atoms with van der Waals surface area (Å²) in [6.07, 6.45) is 24.6. The summed E-state index contributed by atoms with van der Waals surface area (Å²) in [6.45, 7) is 0. The Morgan fingerprint density at radius 2 is 0.381 bits per heavy atom. The molecule has 134 heavy (non-hydrogen) atoms. The Morgan fingerprint density at radius 3 is 0.701 bits per heavy atom. The minimum absolute atomic E-state index is 0.962. The van der Waals surface area contributed by atoms with Crippen LogP contribution in [0.5, 0.6) is 0 Å². The van der Waals surface area contributed by atoms with Crippen molar-refractivity contribution in [3.8, 4) is 101 Å². The predicted octanol–water partition coefficient (Wildman–Crippen LogP) is 28.2. The number of hydrogen-bond acceptors (Lipinski definition) is 8. The Morgan fingerprint density at radius 1 is 0.149 bits per heavy atom. The number of aromatic nitrogens is 16. The maximum absolute atomic E-state index is 5.05. The normalized spacial score (nSPS) is 11.7. The number of benzene rings is 13. The molecule has 0 aliphatic rings. The average Bonchev–Trinajstić information content (AvgIpc) is 1.57. The fourth-order valence-corrected chi connectivity index (χ4v) is 19.2. The van der Waals surface area contributed by atoms with Crippen molar-refractivity contribution < 1.29 is 0 Å². The Balaban J connectivity index is 0.0000000934. The fraction of sp³-hybridized carbons (Fsp3) is 0. The van der Waals surface area contributed by atoms with Gasteiger partial charge in [0.05, 0.1) is 80.3 Å². The van der Waals surface area contributed by atoms with Gasteiger partial charge in [-0.25, -0.2) is 36.1 Å². The van der Waals surface area contributed by atoms with E-state index in [9.17, 15) is 0 Å². The van der Waals surface area contributed by atoms with E-state index in [2.05, 4.69) is 441 Å². The van der Waals surface area contributed by atoms with Crippen LogP contribution in [0.15, 0.2) is 463 Å². The smallest absolute Gasteiger partial charge is 0.101 e. The zero-order valence-electron chi connectivity index (χ0n) is 72.0. The number of pyridine rings is 8. The Bertz CT molecular complexity index is 9280. The van der Waals surface area contributed by atoms with Crippen LogP contribution < -0.4 is 0 Å². The number of fused-ring (bicyclic) bond motifs is 16. The molecule has 628 valence electrons. The van der Waals surface area contributed by atoms with E-state index >= 15 is 0 Å². The highest BCUT2D eigenvalue weighted by Gasteiger charge is 2.24. The molecule has 29 aromatic rings. The van der Waals surface area contributed by atoms with Crippen LogP contribution >= 0.6 is 0 Å². The van der Waals surface area contributed by atoms with Crippen LogP contribution in [-0.2, 0) is 0 Å². The lowest BCUT2D eigenvalue weighted by Crippen LogP contribution is -1.88. The van der Waals surface area contributed by atoms with E-state index in [1.165, 1.54) is 86.2 Å². The molecule has 0 aliphatic heterocycles. The summed E-state index contributed by atoms with van der Waals surface area (Å²) in [4.78, 5) is 0. The fourth-order valence-electron chi connectivity index (χ4n) is 19.2. The molecule has 16 heterocycles. The van der Waals surface area contributed by atoms with E-state index in [0.29, 0.717) is 0 Å². The minimum atomic E-state index is 0.962. The van der Waals surface area contributed by atoms with E-state index in [4.69, 9.17) is 25.5 Å². The number of rotatable bonds is 9. The van der Waals surface area contributed by atoms with E-state index in [0.717, 1.165) is 145 Å². The Labute approximate surface area is 765 Å². The van der Waals surface area contributed by atoms with Crippen LogP contribution in [0, 0.1) is 0 Å². The lowest BCUT2D eigenvalue weighted by Gasteiger charge is -2.07. The van der Waals surface area contributed by atoms with E-state index in [-0.39, 0.29) is 0 Å². The van der Waals surface area contributed by atoms with E-state index in [1.54, 1.807) is 0 Å². The van der Waals surface area contributed by atoms with Crippen LogP contribution in [-0.4, -0.2) is 76.9 Å². The van der Waals surface area contributed by atoms with Gasteiger partial charge in [0, 0.05) is 148 Å². The highest BCUT2D eigenvalue weighted by atomic mass is 15.3. The van der Waals surface area contributed by atoms with Gasteiger partial charge in [-0.3, -0.25) is 0 Å². The topological polar surface area (TPSA) is 138 Å². The molecule has 0 saturated carbocycles. The first-order chi connectivity index (χ1) is 66.3. The molecule has 0 spiro atoms. The summed E-state index contributed by atoms with van der Waals surface area (Å²) in [5.74, 6) is 0. The van der Waals surface area contributed by atoms with E-state index < -0.39 is 0 Å². The third-order valence-corrected chi connectivity index (χ3v) is 26.0. The van der Waals surface area contributed by atoms with Crippen molar-refractivity contribution >= 4 is 130 Å². The summed E-state index contributed by atoms with van der Waals surface area (Å²) in [5, 5.41) is 57.4. The lowest BCUT2D eigenvalue weighted by molar-refractivity contribution is 0.970. The third kappa shape index (κ3) is 13.7. The number of nitrogens with zero attached hydrogens (tertiary/aromatic N) is 16. The van der Waals surface area contributed by atoms with Crippen molar-refractivity contribution in [1.29, 1.82) is 0 Å². The van der Waals surface area contributed by atoms with Gasteiger partial charge in [-0.2, -0.15) is 40.8 Å². The standard InChI is InChI=1S/C34H22N4.3C28H18N4/c1-2-8-25(9-3-1)34-33(32-19-27-11-5-7-13-29(27)22-38(32)36-34)24-16-14-23(15-17-24)30-20-35-37-21-28-12-6-4-10-26(28)18-31(30)37;1-3-7-23-17-31-27(13-21(23)5-1)25(15-29-31)19-9-11-20(12-10-19)26-16-30-32-18-24-8-4-2-6-22(24)14-28(26)32;1-3-7-23-17-31-25(13-21(23)5-1)15-27(29-31)19-9-11-20(12-10-19)28-16-26-14-22-6-2-4-8-24(22)18-32(26)30-28;1-2-8-19(9-3-1)28-27(26-15-21-11-5-7-13-23(21)18-32(26)30-28)24-16-29-31-17-22-12-6-4-10-20(22)14-25(24)31/h1-22H;3*1-18H. The van der Waals surface area contributed by atoms with Crippen molar-refractivity contribution in [2.75, 3.05) is 0 Å². The van der Waals surface area contributed by atoms with Crippen LogP contribution in [0.3, 0.4) is 0 Å². The second-order valence-electron chi connectivity index (χ2n) is 34.1. The molecule has 0 aliphatic carbocycles. The number of hydrogen-bond donors (Lipinski definition) is 0. The monoisotopic (exact) mass is 1720 g/mol. The van der Waals surface area contributed by atoms with Crippen molar-refractivity contribution in [3.05, 3.63) is 463 Å². The molecular formula is C118H76N16. The quantitative estimate of drug-likeness (QED) is 0.139. The SMILES string of the molecule is c1ccc(-c2nn3cc4ccccc4cc3c2-c2ccc(-c3cnn4cc5ccccc5cc34)cc2)cc1.c1ccc(-c2nn3cc4ccccc4cc3c2-c2cnn3cc4ccccc4cc23)cc1.c1ccc2cn3nc(-c4ccc(-c5cc6cc7ccccc7cn6n5)cc4)cc3cc2c1.c1ccc2cn3ncc(-c4ccc(-c5cnn6cc7ccccc7cc56)cc4)c3cc2c1. The molecule has 16 nitrogen and oxygen atoms in total. The van der Waals surface area contributed by atoms with E-state index in [1.807, 2.05) is 73.0 Å². The maximum Gasteiger partial charge on any atom is 0.101 e. The van der Waals surface area contributed by atoms with Gasteiger partial charge in [-0.1, -0.05) is 328 Å². The van der Waals surface area contributed by atoms with Gasteiger partial charge in [0.2, 0.25) is 0 Å². The van der Waals surface area contributed by atoms with Gasteiger partial charge < -0.3 is 0 Å². The molecule has 16 heteroatoms. The first-order valence-electron chi connectivity index (χ1n) is 44.8. The highest BCUT2D eigenvalue weighted by molar-refractivity contribution is 6.04. The van der Waals surface area contributed by atoms with Crippen molar-refractivity contribution in [2.24, 2.45) is 0 Å². The summed E-state index contributed by atoms with van der Waals surface area (Å²) >= 11 is 0. The molecule has 0 amide bonds. The van der Waals surface area contributed by atoms with Gasteiger partial charge in [-0.05, 0) is 126 Å². The third-order valence-electron chi connectivity index (χ3n) is 26.0. The molecule has 0 radical (unpaired) electrons. The molecular weight excluding hydrogens is 1640 g/mol. The summed E-state index contributed by atoms with van der Waals surface area (Å²) in [5.41, 5.74) is 28.3. The summed E-state index contributed by atoms with van der Waals surface area (Å²) < 4.78 is 15.8. The molecule has 0 bridgehead atoms. The van der Waals surface area contributed by atoms with Crippen molar-refractivity contribution in [2.45, 2.75) is 0 Å². The first kappa shape index (κ1) is 76.7. The summed E-state index contributed by atoms with van der Waals surface area (Å²) in [6, 6.07) is 136. The van der Waals surface area contributed by atoms with Gasteiger partial charge in [-0.15, -0.1) is 0 Å². The second-order valence-corrected chi connectivity index (χ2v) is 34.1. The molecule has 0 unspecified atom stereocenters. The van der Waals surface area contributed by atoms with Crippen LogP contribution in [0.25, 0.3) is 231 Å². The van der Waals surface area contributed by atoms with Crippen molar-refractivity contribution in [1.82, 2.24) is 76.9 Å². The zero-order chi connectivity index (χ0) is 88.3. The average molecular weight is 1720 g/mol. The van der Waals surface area contributed by atoms with Crippen LogP contribution in [0.2, 0.25) is 0 Å². The molecule has 16 aromatic heterocycles. The largest absolute Gasteiger partial charge is 0.240 e. The predicted molar refractivity (Wildman–Crippen MR) is 545 cm³/mol. The van der Waals surface area contributed by atoms with Gasteiger partial charge >= 0.3 is 0 Å². The summed E-state index contributed by atoms with van der Waals surface area (Å²) in [7, 11) is 0. The molecule has 0 saturated heterocycles. The van der Waals surface area contributed by atoms with Gasteiger partial charge in [0.15, 0.2) is 0 Å². The molecule has 0 fully saturated rings. The zero-order valence-corrected chi connectivity index (χ0v) is 72.0. The maximum atomic E-state index is 5.05. The van der Waals surface area contributed by atoms with Gasteiger partial charge in [0.1, 0.15) is 11.4 Å². The minimum Gasteiger partial charge on any atom is -0.240 e. The van der Waals surface area contributed by atoms with Crippen LogP contribution in [0.4, 0.5) is 0 Å². The molecule has 0 N–H and O–H groups in total. The Kier molecular flexibility index (Phi) is 18.2. The van der Waals surface area contributed by atoms with Crippen LogP contribution in [0.1, 0.15) is 0 Å². The molecule has 13 aromatic carbocycles. The second kappa shape index (κ2) is 31.7. The molecule has 29 rings (SSSR count).